The Balaban J connectivity index is 3.95. The van der Waals surface area contributed by atoms with Crippen LogP contribution in [0.15, 0.2) is 72.9 Å². The van der Waals surface area contributed by atoms with E-state index < -0.39 is 32.5 Å². The van der Waals surface area contributed by atoms with Crippen LogP contribution in [0.2, 0.25) is 0 Å². The van der Waals surface area contributed by atoms with Crippen LogP contribution in [-0.4, -0.2) is 49.3 Å². The lowest BCUT2D eigenvalue weighted by Crippen LogP contribution is -2.29. The van der Waals surface area contributed by atoms with E-state index >= 15 is 0 Å². The van der Waals surface area contributed by atoms with Crippen LogP contribution in [0.1, 0.15) is 174 Å². The molecule has 0 amide bonds. The number of rotatable bonds is 40. The highest BCUT2D eigenvalue weighted by Crippen LogP contribution is 2.43. The van der Waals surface area contributed by atoms with Crippen LogP contribution in [0.3, 0.4) is 0 Å². The Labute approximate surface area is 341 Å². The molecule has 0 aromatic carbocycles. The summed E-state index contributed by atoms with van der Waals surface area (Å²) in [4.78, 5) is 34.6. The third kappa shape index (κ3) is 41.1. The van der Waals surface area contributed by atoms with Crippen molar-refractivity contribution in [3.63, 3.8) is 0 Å². The van der Waals surface area contributed by atoms with Crippen molar-refractivity contribution in [1.82, 2.24) is 0 Å². The standard InChI is InChI=1S/C46H80NO8P/c1-3-5-7-9-11-12-13-14-15-16-17-18-19-20-21-22-23-24-25-26-27-28-29-30-31-32-33-35-37-39-46(49)55-44(43-54-56(50,51)53-41-40-47)42-52-45(48)38-36-34-10-8-6-4-2/h5,7,11-12,14-15,17-18,20-21,23-24,44H,3-4,6,8-10,13,16,19,22,25-43,47H2,1-2H3,(H,50,51)/b7-5-,12-11-,15-14-,18-17-,21-20-,24-23-. The Morgan fingerprint density at radius 3 is 1.46 bits per heavy atom. The molecule has 322 valence electrons. The summed E-state index contributed by atoms with van der Waals surface area (Å²) in [7, 11) is -4.37. The maximum absolute atomic E-state index is 12.5. The summed E-state index contributed by atoms with van der Waals surface area (Å²) >= 11 is 0. The maximum atomic E-state index is 12.5. The second kappa shape index (κ2) is 42.1. The SMILES string of the molecule is CC/C=C\C/C=C\C/C=C\C/C=C\C/C=C\C/C=C\CCCCCCCCCCCCC(=O)OC(COC(=O)CCCCCCCC)COP(=O)(O)OCCN. The summed E-state index contributed by atoms with van der Waals surface area (Å²) < 4.78 is 32.6. The summed E-state index contributed by atoms with van der Waals surface area (Å²) in [5.41, 5.74) is 5.33. The van der Waals surface area contributed by atoms with E-state index in [1.165, 1.54) is 44.9 Å². The second-order valence-corrected chi connectivity index (χ2v) is 15.6. The predicted octanol–water partition coefficient (Wildman–Crippen LogP) is 12.7. The van der Waals surface area contributed by atoms with Gasteiger partial charge in [-0.05, 0) is 64.2 Å². The van der Waals surface area contributed by atoms with Crippen molar-refractivity contribution in [1.29, 1.82) is 0 Å². The molecule has 2 unspecified atom stereocenters. The number of phosphoric ester groups is 1. The summed E-state index contributed by atoms with van der Waals surface area (Å²) in [6.07, 6.45) is 51.2. The van der Waals surface area contributed by atoms with Crippen LogP contribution in [0.5, 0.6) is 0 Å². The number of allylic oxidation sites excluding steroid dienone is 12. The van der Waals surface area contributed by atoms with Gasteiger partial charge in [0.1, 0.15) is 6.61 Å². The molecule has 0 aliphatic heterocycles. The minimum Gasteiger partial charge on any atom is -0.462 e. The number of phosphoric acid groups is 1. The van der Waals surface area contributed by atoms with E-state index in [1.54, 1.807) is 0 Å². The van der Waals surface area contributed by atoms with Crippen molar-refractivity contribution in [2.75, 3.05) is 26.4 Å². The van der Waals surface area contributed by atoms with Gasteiger partial charge in [-0.3, -0.25) is 18.6 Å². The highest BCUT2D eigenvalue weighted by molar-refractivity contribution is 7.47. The number of hydrogen-bond acceptors (Lipinski definition) is 8. The first-order valence-corrected chi connectivity index (χ1v) is 23.4. The van der Waals surface area contributed by atoms with Crippen LogP contribution < -0.4 is 5.73 Å². The Morgan fingerprint density at radius 2 is 0.982 bits per heavy atom. The van der Waals surface area contributed by atoms with E-state index in [4.69, 9.17) is 24.3 Å². The Kier molecular flexibility index (Phi) is 40.2. The fourth-order valence-electron chi connectivity index (χ4n) is 5.64. The number of esters is 2. The van der Waals surface area contributed by atoms with E-state index in [-0.39, 0.29) is 32.6 Å². The molecule has 0 aromatic heterocycles. The number of unbranched alkanes of at least 4 members (excludes halogenated alkanes) is 15. The molecule has 0 fully saturated rings. The number of ether oxygens (including phenoxy) is 2. The zero-order valence-electron chi connectivity index (χ0n) is 35.3. The molecular weight excluding hydrogens is 725 g/mol. The van der Waals surface area contributed by atoms with Gasteiger partial charge in [0.25, 0.3) is 0 Å². The first kappa shape index (κ1) is 53.5. The topological polar surface area (TPSA) is 134 Å². The van der Waals surface area contributed by atoms with Gasteiger partial charge in [-0.2, -0.15) is 0 Å². The van der Waals surface area contributed by atoms with Crippen molar-refractivity contribution in [2.24, 2.45) is 5.73 Å². The summed E-state index contributed by atoms with van der Waals surface area (Å²) in [6, 6.07) is 0. The lowest BCUT2D eigenvalue weighted by molar-refractivity contribution is -0.161. The van der Waals surface area contributed by atoms with E-state index in [0.717, 1.165) is 96.3 Å². The first-order valence-electron chi connectivity index (χ1n) is 21.9. The highest BCUT2D eigenvalue weighted by Gasteiger charge is 2.26. The third-order valence-electron chi connectivity index (χ3n) is 8.86. The van der Waals surface area contributed by atoms with Crippen LogP contribution in [0, 0.1) is 0 Å². The van der Waals surface area contributed by atoms with Gasteiger partial charge in [0.15, 0.2) is 6.10 Å². The number of carbonyl (C=O) groups excluding carboxylic acids is 2. The lowest BCUT2D eigenvalue weighted by Gasteiger charge is -2.19. The van der Waals surface area contributed by atoms with Crippen molar-refractivity contribution in [3.8, 4) is 0 Å². The van der Waals surface area contributed by atoms with Crippen molar-refractivity contribution >= 4 is 19.8 Å². The van der Waals surface area contributed by atoms with Crippen LogP contribution in [-0.2, 0) is 32.7 Å². The van der Waals surface area contributed by atoms with Crippen molar-refractivity contribution in [2.45, 2.75) is 180 Å². The molecule has 9 nitrogen and oxygen atoms in total. The normalized spacial score (nSPS) is 14.0. The molecule has 0 aliphatic carbocycles. The summed E-state index contributed by atoms with van der Waals surface area (Å²) in [5.74, 6) is -0.848. The molecule has 3 N–H and O–H groups in total. The molecule has 0 saturated carbocycles. The highest BCUT2D eigenvalue weighted by atomic mass is 31.2. The van der Waals surface area contributed by atoms with Crippen LogP contribution in [0.25, 0.3) is 0 Å². The van der Waals surface area contributed by atoms with Gasteiger partial charge in [-0.25, -0.2) is 4.57 Å². The minimum atomic E-state index is -4.37. The average molecular weight is 806 g/mol. The van der Waals surface area contributed by atoms with E-state index in [2.05, 4.69) is 86.8 Å². The van der Waals surface area contributed by atoms with Gasteiger partial charge in [-0.15, -0.1) is 0 Å². The summed E-state index contributed by atoms with van der Waals surface area (Å²) in [5, 5.41) is 0. The minimum absolute atomic E-state index is 0.0503. The molecule has 0 heterocycles. The monoisotopic (exact) mass is 806 g/mol. The zero-order valence-corrected chi connectivity index (χ0v) is 36.2. The average Bonchev–Trinajstić information content (AvgIpc) is 3.18. The van der Waals surface area contributed by atoms with Crippen LogP contribution in [0.4, 0.5) is 0 Å². The first-order chi connectivity index (χ1) is 27.3. The molecule has 0 aromatic rings. The van der Waals surface area contributed by atoms with Gasteiger partial charge in [0.2, 0.25) is 0 Å². The number of carbonyl (C=O) groups is 2. The maximum Gasteiger partial charge on any atom is 0.472 e. The molecule has 56 heavy (non-hydrogen) atoms. The quantitative estimate of drug-likeness (QED) is 0.0268. The zero-order chi connectivity index (χ0) is 41.1. The van der Waals surface area contributed by atoms with Crippen molar-refractivity contribution in [3.05, 3.63) is 72.9 Å². The van der Waals surface area contributed by atoms with E-state index in [0.29, 0.717) is 6.42 Å². The fourth-order valence-corrected chi connectivity index (χ4v) is 6.40. The molecule has 10 heteroatoms. The second-order valence-electron chi connectivity index (χ2n) is 14.2. The molecule has 0 rings (SSSR count). The predicted molar refractivity (Wildman–Crippen MR) is 233 cm³/mol. The third-order valence-corrected chi connectivity index (χ3v) is 9.84. The van der Waals surface area contributed by atoms with E-state index in [9.17, 15) is 19.0 Å². The van der Waals surface area contributed by atoms with Gasteiger partial charge in [0, 0.05) is 19.4 Å². The smallest absolute Gasteiger partial charge is 0.462 e. The fraction of sp³-hybridized carbons (Fsp3) is 0.696. The Hall–Kier alpha value is -2.55. The van der Waals surface area contributed by atoms with Crippen LogP contribution >= 0.6 is 7.82 Å². The molecule has 0 aliphatic rings. The molecule has 0 radical (unpaired) electrons. The van der Waals surface area contributed by atoms with Gasteiger partial charge < -0.3 is 20.1 Å². The molecule has 0 bridgehead atoms. The molecule has 0 saturated heterocycles. The van der Waals surface area contributed by atoms with Gasteiger partial charge in [-0.1, -0.05) is 170 Å². The Morgan fingerprint density at radius 1 is 0.554 bits per heavy atom. The summed E-state index contributed by atoms with van der Waals surface area (Å²) in [6.45, 7) is 3.52. The number of nitrogens with two attached hydrogens (primary N) is 1. The molecule has 2 atom stereocenters. The van der Waals surface area contributed by atoms with Gasteiger partial charge >= 0.3 is 19.8 Å². The van der Waals surface area contributed by atoms with Gasteiger partial charge in [0.05, 0.1) is 13.2 Å². The van der Waals surface area contributed by atoms with Crippen molar-refractivity contribution < 1.29 is 37.6 Å². The largest absolute Gasteiger partial charge is 0.472 e. The lowest BCUT2D eigenvalue weighted by atomic mass is 10.0. The number of hydrogen-bond donors (Lipinski definition) is 2. The molecule has 0 spiro atoms. The molecular formula is C46H80NO8P. The van der Waals surface area contributed by atoms with E-state index in [1.807, 2.05) is 0 Å². The Bertz CT molecular complexity index is 1150.